The van der Waals surface area contributed by atoms with Crippen molar-refractivity contribution in [3.05, 3.63) is 170 Å². The van der Waals surface area contributed by atoms with Crippen LogP contribution in [0.4, 0.5) is 0 Å². The van der Waals surface area contributed by atoms with Crippen molar-refractivity contribution in [2.45, 2.75) is 0 Å². The smallest absolute Gasteiger partial charge is 0.00199 e. The molecule has 0 radical (unpaired) electrons. The van der Waals surface area contributed by atoms with E-state index < -0.39 is 0 Å². The second kappa shape index (κ2) is 9.93. The Morgan fingerprint density at radius 2 is 0.705 bits per heavy atom. The summed E-state index contributed by atoms with van der Waals surface area (Å²) in [5, 5.41) is 12.7. The normalized spacial score (nSPS) is 11.6. The highest BCUT2D eigenvalue weighted by Crippen LogP contribution is 2.47. The van der Waals surface area contributed by atoms with Gasteiger partial charge in [0.25, 0.3) is 0 Å². The molecule has 204 valence electrons. The molecule has 0 saturated heterocycles. The third-order valence-electron chi connectivity index (χ3n) is 9.20. The van der Waals surface area contributed by atoms with E-state index in [9.17, 15) is 0 Å². The summed E-state index contributed by atoms with van der Waals surface area (Å²) in [4.78, 5) is 0. The molecule has 0 aliphatic rings. The van der Waals surface area contributed by atoms with Crippen molar-refractivity contribution in [2.24, 2.45) is 0 Å². The first-order valence-corrected chi connectivity index (χ1v) is 15.3. The van der Waals surface area contributed by atoms with E-state index in [1.807, 2.05) is 0 Å². The van der Waals surface area contributed by atoms with Gasteiger partial charge < -0.3 is 0 Å². The fourth-order valence-corrected chi connectivity index (χ4v) is 7.22. The highest BCUT2D eigenvalue weighted by atomic mass is 14.2. The summed E-state index contributed by atoms with van der Waals surface area (Å²) in [5.41, 5.74) is 7.60. The van der Waals surface area contributed by atoms with Crippen LogP contribution in [-0.2, 0) is 0 Å². The van der Waals surface area contributed by atoms with Crippen molar-refractivity contribution in [3.63, 3.8) is 0 Å². The van der Waals surface area contributed by atoms with Crippen LogP contribution in [0.3, 0.4) is 0 Å². The largest absolute Gasteiger partial charge is 0.0616 e. The van der Waals surface area contributed by atoms with Gasteiger partial charge in [-0.1, -0.05) is 152 Å². The van der Waals surface area contributed by atoms with Gasteiger partial charge in [0.1, 0.15) is 0 Å². The molecule has 0 N–H and O–H groups in total. The molecule has 44 heavy (non-hydrogen) atoms. The van der Waals surface area contributed by atoms with Crippen molar-refractivity contribution in [1.29, 1.82) is 0 Å². The average molecular weight is 557 g/mol. The van der Waals surface area contributed by atoms with Crippen LogP contribution in [0.1, 0.15) is 0 Å². The molecule has 9 aromatic carbocycles. The van der Waals surface area contributed by atoms with E-state index in [-0.39, 0.29) is 0 Å². The van der Waals surface area contributed by atoms with Gasteiger partial charge in [0, 0.05) is 0 Å². The maximum atomic E-state index is 2.42. The van der Waals surface area contributed by atoms with E-state index >= 15 is 0 Å². The van der Waals surface area contributed by atoms with Crippen LogP contribution < -0.4 is 0 Å². The van der Waals surface area contributed by atoms with Crippen LogP contribution in [0.15, 0.2) is 170 Å². The number of hydrogen-bond acceptors (Lipinski definition) is 0. The summed E-state index contributed by atoms with van der Waals surface area (Å²) in [7, 11) is 0. The van der Waals surface area contributed by atoms with Gasteiger partial charge >= 0.3 is 0 Å². The first kappa shape index (κ1) is 24.8. The lowest BCUT2D eigenvalue weighted by Crippen LogP contribution is -1.93. The Labute approximate surface area is 256 Å². The third kappa shape index (κ3) is 3.85. The van der Waals surface area contributed by atoms with Crippen LogP contribution in [0.25, 0.3) is 87.2 Å². The van der Waals surface area contributed by atoms with Gasteiger partial charge in [-0.15, -0.1) is 0 Å². The molecule has 9 aromatic rings. The van der Waals surface area contributed by atoms with Crippen LogP contribution in [0.5, 0.6) is 0 Å². The number of fused-ring (bicyclic) bond motifs is 5. The Kier molecular flexibility index (Phi) is 5.61. The summed E-state index contributed by atoms with van der Waals surface area (Å²) >= 11 is 0. The SMILES string of the molecule is c1ccc2cc(-c3c4ccccc4c(-c4cc(-c5cccc6ccccc56)cc5ccccc45)c4ccccc34)ccc2c1. The highest BCUT2D eigenvalue weighted by molar-refractivity contribution is 6.24. The summed E-state index contributed by atoms with van der Waals surface area (Å²) in [6.07, 6.45) is 0. The van der Waals surface area contributed by atoms with Crippen LogP contribution in [-0.4, -0.2) is 0 Å². The molecule has 0 fully saturated rings. The van der Waals surface area contributed by atoms with Gasteiger partial charge in [-0.25, -0.2) is 0 Å². The average Bonchev–Trinajstić information content (AvgIpc) is 3.09. The van der Waals surface area contributed by atoms with E-state index in [1.165, 1.54) is 87.2 Å². The molecule has 0 aliphatic carbocycles. The summed E-state index contributed by atoms with van der Waals surface area (Å²) < 4.78 is 0. The molecule has 0 atom stereocenters. The number of benzene rings is 9. The van der Waals surface area contributed by atoms with Gasteiger partial charge in [-0.2, -0.15) is 0 Å². The second-order valence-electron chi connectivity index (χ2n) is 11.7. The lowest BCUT2D eigenvalue weighted by molar-refractivity contribution is 1.66. The topological polar surface area (TPSA) is 0 Å². The molecule has 0 nitrogen and oxygen atoms in total. The zero-order valence-corrected chi connectivity index (χ0v) is 24.2. The Morgan fingerprint density at radius 1 is 0.227 bits per heavy atom. The second-order valence-corrected chi connectivity index (χ2v) is 11.7. The Morgan fingerprint density at radius 3 is 1.39 bits per heavy atom. The first-order valence-electron chi connectivity index (χ1n) is 15.3. The molecular weight excluding hydrogens is 528 g/mol. The summed E-state index contributed by atoms with van der Waals surface area (Å²) in [5.74, 6) is 0. The van der Waals surface area contributed by atoms with Crippen molar-refractivity contribution in [3.8, 4) is 33.4 Å². The molecule has 0 bridgehead atoms. The van der Waals surface area contributed by atoms with Crippen molar-refractivity contribution < 1.29 is 0 Å². The quantitative estimate of drug-likeness (QED) is 0.190. The maximum Gasteiger partial charge on any atom is -0.00199 e. The van der Waals surface area contributed by atoms with E-state index in [1.54, 1.807) is 0 Å². The molecular formula is C44H28. The molecule has 9 rings (SSSR count). The molecule has 0 aliphatic heterocycles. The number of rotatable bonds is 3. The fourth-order valence-electron chi connectivity index (χ4n) is 7.22. The Bertz CT molecular complexity index is 2490. The minimum atomic E-state index is 1.24. The molecule has 0 heterocycles. The summed E-state index contributed by atoms with van der Waals surface area (Å²) in [6, 6.07) is 62.4. The third-order valence-corrected chi connectivity index (χ3v) is 9.20. The molecule has 0 unspecified atom stereocenters. The van der Waals surface area contributed by atoms with E-state index in [0.29, 0.717) is 0 Å². The van der Waals surface area contributed by atoms with E-state index in [4.69, 9.17) is 0 Å². The maximum absolute atomic E-state index is 2.42. The summed E-state index contributed by atoms with van der Waals surface area (Å²) in [6.45, 7) is 0. The first-order chi connectivity index (χ1) is 21.8. The lowest BCUT2D eigenvalue weighted by atomic mass is 9.83. The fraction of sp³-hybridized carbons (Fsp3) is 0. The minimum absolute atomic E-state index is 1.24. The van der Waals surface area contributed by atoms with Gasteiger partial charge in [-0.05, 0) is 105 Å². The Hall–Kier alpha value is -5.72. The molecule has 0 heteroatoms. The van der Waals surface area contributed by atoms with E-state index in [0.717, 1.165) is 0 Å². The predicted octanol–water partition coefficient (Wildman–Crippen LogP) is 12.5. The highest BCUT2D eigenvalue weighted by Gasteiger charge is 2.19. The molecule has 0 saturated carbocycles. The van der Waals surface area contributed by atoms with Crippen LogP contribution >= 0.6 is 0 Å². The molecule has 0 spiro atoms. The van der Waals surface area contributed by atoms with Gasteiger partial charge in [-0.3, -0.25) is 0 Å². The molecule has 0 aromatic heterocycles. The van der Waals surface area contributed by atoms with Crippen molar-refractivity contribution in [2.75, 3.05) is 0 Å². The predicted molar refractivity (Wildman–Crippen MR) is 190 cm³/mol. The minimum Gasteiger partial charge on any atom is -0.0616 e. The van der Waals surface area contributed by atoms with Crippen LogP contribution in [0.2, 0.25) is 0 Å². The van der Waals surface area contributed by atoms with Gasteiger partial charge in [0.05, 0.1) is 0 Å². The number of hydrogen-bond donors (Lipinski definition) is 0. The van der Waals surface area contributed by atoms with Gasteiger partial charge in [0.2, 0.25) is 0 Å². The Balaban J connectivity index is 1.41. The standard InChI is InChI=1S/C44H28/c1-2-14-31-26-33(25-24-29(31)12-1)43-38-19-7-9-21-40(38)44(41-22-10-8-20-39(41)43)42-28-34(27-32-15-4-6-18-36(32)42)37-23-11-16-30-13-3-5-17-35(30)37/h1-28H. The van der Waals surface area contributed by atoms with E-state index in [2.05, 4.69) is 170 Å². The van der Waals surface area contributed by atoms with Crippen LogP contribution in [0, 0.1) is 0 Å². The molecule has 0 amide bonds. The van der Waals surface area contributed by atoms with Crippen molar-refractivity contribution >= 4 is 53.9 Å². The zero-order chi connectivity index (χ0) is 29.0. The monoisotopic (exact) mass is 556 g/mol. The van der Waals surface area contributed by atoms with Crippen molar-refractivity contribution in [1.82, 2.24) is 0 Å². The van der Waals surface area contributed by atoms with Gasteiger partial charge in [0.15, 0.2) is 0 Å². The zero-order valence-electron chi connectivity index (χ0n) is 24.2. The lowest BCUT2D eigenvalue weighted by Gasteiger charge is -2.20.